The number of hydrogen-bond acceptors (Lipinski definition) is 3. The van der Waals surface area contributed by atoms with Crippen molar-refractivity contribution in [2.75, 3.05) is 18.4 Å². The van der Waals surface area contributed by atoms with Gasteiger partial charge in [0.25, 0.3) is 0 Å². The van der Waals surface area contributed by atoms with Crippen molar-refractivity contribution in [1.82, 2.24) is 4.90 Å². The van der Waals surface area contributed by atoms with Crippen LogP contribution in [0.25, 0.3) is 0 Å². The zero-order valence-corrected chi connectivity index (χ0v) is 13.2. The minimum atomic E-state index is -0.541. The van der Waals surface area contributed by atoms with Gasteiger partial charge in [-0.25, -0.2) is 9.18 Å². The molecule has 2 aliphatic rings. The van der Waals surface area contributed by atoms with E-state index >= 15 is 0 Å². The fraction of sp³-hybridized carbons (Fsp3) is 0.267. The Labute approximate surface area is 137 Å². The lowest BCUT2D eigenvalue weighted by molar-refractivity contribution is -0.603. The Bertz CT molecular complexity index is 760. The number of urea groups is 1. The second-order valence-electron chi connectivity index (χ2n) is 5.38. The van der Waals surface area contributed by atoms with E-state index in [1.165, 1.54) is 25.1 Å². The maximum absolute atomic E-state index is 13.1. The molecule has 3 rings (SSSR count). The Balaban J connectivity index is 1.73. The number of amides is 2. The van der Waals surface area contributed by atoms with Gasteiger partial charge in [-0.15, -0.1) is 0 Å². The Morgan fingerprint density at radius 3 is 2.91 bits per heavy atom. The number of Topliss-reactive ketones (excluding diaryl/α,β-unsaturated/α-hetero) is 1. The molecule has 0 aromatic heterocycles. The lowest BCUT2D eigenvalue weighted by atomic mass is 10.00. The molecule has 0 bridgehead atoms. The van der Waals surface area contributed by atoms with Gasteiger partial charge in [-0.3, -0.25) is 4.79 Å². The molecule has 2 aliphatic heterocycles. The first-order chi connectivity index (χ1) is 11.0. The molecule has 0 saturated carbocycles. The van der Waals surface area contributed by atoms with E-state index in [0.29, 0.717) is 30.9 Å². The number of benzene rings is 1. The van der Waals surface area contributed by atoms with Crippen LogP contribution in [0.4, 0.5) is 14.9 Å². The van der Waals surface area contributed by atoms with Gasteiger partial charge in [0.1, 0.15) is 11.5 Å². The number of piperidine rings is 1. The van der Waals surface area contributed by atoms with Crippen molar-refractivity contribution in [3.63, 3.8) is 0 Å². The van der Waals surface area contributed by atoms with Crippen LogP contribution in [0.15, 0.2) is 34.6 Å². The molecule has 6 nitrogen and oxygen atoms in total. The van der Waals surface area contributed by atoms with Gasteiger partial charge >= 0.3 is 6.03 Å². The summed E-state index contributed by atoms with van der Waals surface area (Å²) in [5.74, 6) is -0.604. The first-order valence-corrected chi connectivity index (χ1v) is 7.49. The highest BCUT2D eigenvalue weighted by Crippen LogP contribution is 2.21. The summed E-state index contributed by atoms with van der Waals surface area (Å²) in [5.41, 5.74) is 4.20. The number of halogens is 2. The van der Waals surface area contributed by atoms with Crippen molar-refractivity contribution in [3.05, 3.63) is 40.3 Å². The fourth-order valence-electron chi connectivity index (χ4n) is 2.61. The highest BCUT2D eigenvalue weighted by Gasteiger charge is 2.34. The molecule has 0 radical (unpaired) electrons. The standard InChI is InChI=1S/C15H14ClFN4O2/c1-8(22)14-10-7-21(5-4-13(10)19-20-14)15(23)18-9-2-3-12(17)11(16)6-9/h2-3,6H,4-5,7H2,1H3,(H,18,23)(H,19,20)/p+1. The van der Waals surface area contributed by atoms with Crippen LogP contribution in [0.5, 0.6) is 0 Å². The fourth-order valence-corrected chi connectivity index (χ4v) is 2.79. The molecule has 23 heavy (non-hydrogen) atoms. The zero-order valence-electron chi connectivity index (χ0n) is 12.4. The molecule has 8 heteroatoms. The van der Waals surface area contributed by atoms with Crippen molar-refractivity contribution in [3.8, 4) is 0 Å². The van der Waals surface area contributed by atoms with Crippen molar-refractivity contribution >= 4 is 34.8 Å². The molecule has 2 amide bonds. The third kappa shape index (κ3) is 3.11. The highest BCUT2D eigenvalue weighted by atomic mass is 35.5. The molecule has 120 valence electrons. The smallest absolute Gasteiger partial charge is 0.319 e. The van der Waals surface area contributed by atoms with E-state index < -0.39 is 5.82 Å². The Morgan fingerprint density at radius 2 is 2.22 bits per heavy atom. The maximum atomic E-state index is 13.1. The maximum Gasteiger partial charge on any atom is 0.322 e. The highest BCUT2D eigenvalue weighted by molar-refractivity contribution is 6.31. The average Bonchev–Trinajstić information content (AvgIpc) is 2.94. The largest absolute Gasteiger partial charge is 0.322 e. The van der Waals surface area contributed by atoms with E-state index in [0.717, 1.165) is 11.3 Å². The summed E-state index contributed by atoms with van der Waals surface area (Å²) in [7, 11) is 0. The SMILES string of the molecule is CC(=O)C1=C2CN(C(=O)Nc3ccc(F)c(Cl)c3)CCC2=N[NH2+]1. The number of carbonyl (C=O) groups excluding carboxylic acids is 2. The number of ketones is 1. The summed E-state index contributed by atoms with van der Waals surface area (Å²) in [5, 5.41) is 6.87. The van der Waals surface area contributed by atoms with E-state index in [1.807, 2.05) is 0 Å². The van der Waals surface area contributed by atoms with E-state index in [2.05, 4.69) is 10.4 Å². The van der Waals surface area contributed by atoms with Crippen LogP contribution >= 0.6 is 11.6 Å². The molecule has 1 aromatic carbocycles. The number of carbonyl (C=O) groups is 2. The molecule has 1 saturated heterocycles. The van der Waals surface area contributed by atoms with Crippen molar-refractivity contribution in [2.45, 2.75) is 13.3 Å². The van der Waals surface area contributed by atoms with Gasteiger partial charge in [0.05, 0.1) is 17.1 Å². The summed E-state index contributed by atoms with van der Waals surface area (Å²) in [6, 6.07) is 3.67. The number of rotatable bonds is 2. The second kappa shape index (κ2) is 6.10. The molecule has 1 fully saturated rings. The van der Waals surface area contributed by atoms with E-state index in [-0.39, 0.29) is 16.8 Å². The normalized spacial score (nSPS) is 17.0. The number of nitrogens with two attached hydrogens (primary N) is 1. The number of anilines is 1. The zero-order chi connectivity index (χ0) is 16.6. The van der Waals surface area contributed by atoms with Gasteiger partial charge in [-0.2, -0.15) is 5.43 Å². The predicted molar refractivity (Wildman–Crippen MR) is 83.7 cm³/mol. The van der Waals surface area contributed by atoms with Gasteiger partial charge in [0.15, 0.2) is 0 Å². The van der Waals surface area contributed by atoms with E-state index in [1.54, 1.807) is 10.3 Å². The molecular formula is C15H15ClFN4O2+. The summed E-state index contributed by atoms with van der Waals surface area (Å²) in [6.45, 7) is 2.31. The summed E-state index contributed by atoms with van der Waals surface area (Å²) >= 11 is 5.71. The summed E-state index contributed by atoms with van der Waals surface area (Å²) in [4.78, 5) is 25.5. The van der Waals surface area contributed by atoms with Gasteiger partial charge in [-0.1, -0.05) is 16.7 Å². The van der Waals surface area contributed by atoms with E-state index in [9.17, 15) is 14.0 Å². The van der Waals surface area contributed by atoms with Gasteiger partial charge in [0, 0.05) is 25.6 Å². The van der Waals surface area contributed by atoms with Crippen LogP contribution in [-0.4, -0.2) is 35.5 Å². The number of likely N-dealkylation sites (tertiary alicyclic amines) is 1. The second-order valence-corrected chi connectivity index (χ2v) is 5.79. The van der Waals surface area contributed by atoms with Crippen LogP contribution in [-0.2, 0) is 4.79 Å². The van der Waals surface area contributed by atoms with Crippen LogP contribution < -0.4 is 10.7 Å². The Kier molecular flexibility index (Phi) is 4.14. The lowest BCUT2D eigenvalue weighted by Crippen LogP contribution is -2.75. The monoisotopic (exact) mass is 337 g/mol. The van der Waals surface area contributed by atoms with Crippen molar-refractivity contribution in [2.24, 2.45) is 5.10 Å². The molecule has 1 aromatic rings. The minimum absolute atomic E-state index is 0.0529. The average molecular weight is 338 g/mol. The van der Waals surface area contributed by atoms with Crippen LogP contribution in [0, 0.1) is 5.82 Å². The molecule has 0 aliphatic carbocycles. The van der Waals surface area contributed by atoms with Crippen molar-refractivity contribution < 1.29 is 19.4 Å². The summed E-state index contributed by atoms with van der Waals surface area (Å²) in [6.07, 6.45) is 0.597. The van der Waals surface area contributed by atoms with E-state index in [4.69, 9.17) is 11.6 Å². The number of nitrogens with one attached hydrogen (secondary N) is 1. The quantitative estimate of drug-likeness (QED) is 0.802. The molecular weight excluding hydrogens is 323 g/mol. The number of fused-ring (bicyclic) bond motifs is 1. The van der Waals surface area contributed by atoms with Crippen LogP contribution in [0.2, 0.25) is 5.02 Å². The first kappa shape index (κ1) is 15.6. The third-order valence-corrected chi connectivity index (χ3v) is 4.12. The van der Waals surface area contributed by atoms with Gasteiger partial charge in [0.2, 0.25) is 11.5 Å². The van der Waals surface area contributed by atoms with Crippen LogP contribution in [0.3, 0.4) is 0 Å². The molecule has 2 heterocycles. The van der Waals surface area contributed by atoms with Gasteiger partial charge in [-0.05, 0) is 18.2 Å². The molecule has 0 spiro atoms. The Morgan fingerprint density at radius 1 is 1.43 bits per heavy atom. The van der Waals surface area contributed by atoms with Crippen molar-refractivity contribution in [1.29, 1.82) is 0 Å². The number of allylic oxidation sites excluding steroid dienone is 1. The number of quaternary nitrogens is 1. The van der Waals surface area contributed by atoms with Gasteiger partial charge < -0.3 is 10.2 Å². The number of hydrogen-bond donors (Lipinski definition) is 2. The molecule has 3 N–H and O–H groups in total. The Hall–Kier alpha value is -2.25. The first-order valence-electron chi connectivity index (χ1n) is 7.11. The third-order valence-electron chi connectivity index (χ3n) is 3.83. The van der Waals surface area contributed by atoms with Crippen LogP contribution in [0.1, 0.15) is 13.3 Å². The number of nitrogens with zero attached hydrogens (tertiary/aromatic N) is 2. The topological polar surface area (TPSA) is 78.4 Å². The molecule has 0 atom stereocenters. The lowest BCUT2D eigenvalue weighted by Gasteiger charge is -2.27. The summed E-state index contributed by atoms with van der Waals surface area (Å²) < 4.78 is 13.1. The molecule has 0 unspecified atom stereocenters. The predicted octanol–water partition coefficient (Wildman–Crippen LogP) is 1.49. The minimum Gasteiger partial charge on any atom is -0.319 e.